The van der Waals surface area contributed by atoms with E-state index in [2.05, 4.69) is 41.0 Å². The zero-order chi connectivity index (χ0) is 13.7. The molecule has 1 aromatic rings. The molecule has 0 saturated heterocycles. The summed E-state index contributed by atoms with van der Waals surface area (Å²) < 4.78 is 0. The maximum Gasteiger partial charge on any atom is 0.0435 e. The van der Waals surface area contributed by atoms with Gasteiger partial charge in [-0.2, -0.15) is 11.3 Å². The second-order valence-corrected chi connectivity index (χ2v) is 6.32. The van der Waals surface area contributed by atoms with Gasteiger partial charge in [0.05, 0.1) is 0 Å². The number of thiophene rings is 1. The molecule has 4 heteroatoms. The summed E-state index contributed by atoms with van der Waals surface area (Å²) in [6.07, 6.45) is 6.24. The van der Waals surface area contributed by atoms with Crippen molar-refractivity contribution in [2.45, 2.75) is 57.5 Å². The van der Waals surface area contributed by atoms with Crippen LogP contribution >= 0.6 is 11.3 Å². The van der Waals surface area contributed by atoms with Crippen molar-refractivity contribution in [1.29, 1.82) is 0 Å². The molecule has 0 radical (unpaired) electrons. The molecule has 19 heavy (non-hydrogen) atoms. The maximum absolute atomic E-state index is 5.93. The molecule has 0 amide bonds. The summed E-state index contributed by atoms with van der Waals surface area (Å²) in [6.45, 7) is 6.75. The second kappa shape index (κ2) is 6.84. The molecule has 0 spiro atoms. The third-order valence-corrected chi connectivity index (χ3v) is 5.46. The highest BCUT2D eigenvalue weighted by molar-refractivity contribution is 7.07. The van der Waals surface area contributed by atoms with Crippen molar-refractivity contribution in [1.82, 2.24) is 10.3 Å². The fourth-order valence-corrected chi connectivity index (χ4v) is 4.46. The van der Waals surface area contributed by atoms with E-state index in [9.17, 15) is 0 Å². The highest BCUT2D eigenvalue weighted by Crippen LogP contribution is 2.39. The number of hydrogen-bond donors (Lipinski definition) is 2. The fourth-order valence-electron chi connectivity index (χ4n) is 3.77. The molecule has 1 heterocycles. The molecule has 1 unspecified atom stereocenters. The SMILES string of the molecule is CCN(CC)C1(C(Cc2ccsc2)NN)CCCC1. The summed E-state index contributed by atoms with van der Waals surface area (Å²) in [5.74, 6) is 5.93. The highest BCUT2D eigenvalue weighted by Gasteiger charge is 2.44. The van der Waals surface area contributed by atoms with E-state index in [0.29, 0.717) is 6.04 Å². The van der Waals surface area contributed by atoms with Gasteiger partial charge in [0.1, 0.15) is 0 Å². The van der Waals surface area contributed by atoms with Gasteiger partial charge in [-0.3, -0.25) is 16.2 Å². The Morgan fingerprint density at radius 2 is 2.05 bits per heavy atom. The normalized spacial score (nSPS) is 20.0. The lowest BCUT2D eigenvalue weighted by molar-refractivity contribution is 0.0630. The molecule has 1 atom stereocenters. The third-order valence-electron chi connectivity index (χ3n) is 4.73. The number of nitrogens with zero attached hydrogens (tertiary/aromatic N) is 1. The number of likely N-dealkylation sites (N-methyl/N-ethyl adjacent to an activating group) is 1. The van der Waals surface area contributed by atoms with Crippen LogP contribution in [-0.2, 0) is 6.42 Å². The molecule has 1 saturated carbocycles. The number of hydrogen-bond acceptors (Lipinski definition) is 4. The largest absolute Gasteiger partial charge is 0.297 e. The van der Waals surface area contributed by atoms with E-state index in [4.69, 9.17) is 5.84 Å². The van der Waals surface area contributed by atoms with E-state index in [1.165, 1.54) is 31.2 Å². The molecule has 108 valence electrons. The van der Waals surface area contributed by atoms with E-state index in [1.54, 1.807) is 11.3 Å². The highest BCUT2D eigenvalue weighted by atomic mass is 32.1. The Morgan fingerprint density at radius 3 is 2.53 bits per heavy atom. The Labute approximate surface area is 121 Å². The number of hydrazine groups is 1. The van der Waals surface area contributed by atoms with Gasteiger partial charge < -0.3 is 0 Å². The number of nitrogens with one attached hydrogen (secondary N) is 1. The Kier molecular flexibility index (Phi) is 5.39. The van der Waals surface area contributed by atoms with Crippen molar-refractivity contribution in [3.8, 4) is 0 Å². The summed E-state index contributed by atoms with van der Waals surface area (Å²) in [7, 11) is 0. The van der Waals surface area contributed by atoms with Crippen molar-refractivity contribution < 1.29 is 0 Å². The first-order valence-corrected chi connectivity index (χ1v) is 8.43. The lowest BCUT2D eigenvalue weighted by atomic mass is 9.83. The molecule has 2 rings (SSSR count). The molecule has 0 aromatic carbocycles. The predicted octanol–water partition coefficient (Wildman–Crippen LogP) is 2.78. The van der Waals surface area contributed by atoms with Crippen molar-refractivity contribution in [3.63, 3.8) is 0 Å². The van der Waals surface area contributed by atoms with Gasteiger partial charge in [0.2, 0.25) is 0 Å². The van der Waals surface area contributed by atoms with E-state index in [-0.39, 0.29) is 5.54 Å². The lowest BCUT2D eigenvalue weighted by Crippen LogP contribution is -2.62. The van der Waals surface area contributed by atoms with Gasteiger partial charge in [-0.15, -0.1) is 0 Å². The van der Waals surface area contributed by atoms with Gasteiger partial charge in [-0.25, -0.2) is 0 Å². The number of rotatable bonds is 7. The molecule has 1 aromatic heterocycles. The van der Waals surface area contributed by atoms with Crippen LogP contribution in [0, 0.1) is 0 Å². The Morgan fingerprint density at radius 1 is 1.37 bits per heavy atom. The van der Waals surface area contributed by atoms with Gasteiger partial charge in [0.25, 0.3) is 0 Å². The van der Waals surface area contributed by atoms with E-state index in [0.717, 1.165) is 19.5 Å². The molecule has 1 aliphatic carbocycles. The first-order valence-electron chi connectivity index (χ1n) is 7.49. The molecule has 1 fully saturated rings. The van der Waals surface area contributed by atoms with Gasteiger partial charge in [-0.1, -0.05) is 26.7 Å². The van der Waals surface area contributed by atoms with Gasteiger partial charge >= 0.3 is 0 Å². The monoisotopic (exact) mass is 281 g/mol. The van der Waals surface area contributed by atoms with Crippen molar-refractivity contribution in [3.05, 3.63) is 22.4 Å². The summed E-state index contributed by atoms with van der Waals surface area (Å²) in [5.41, 5.74) is 4.79. The molecule has 1 aliphatic rings. The van der Waals surface area contributed by atoms with E-state index in [1.807, 2.05) is 0 Å². The third kappa shape index (κ3) is 3.02. The van der Waals surface area contributed by atoms with Gasteiger partial charge in [-0.05, 0) is 54.7 Å². The average molecular weight is 281 g/mol. The van der Waals surface area contributed by atoms with E-state index >= 15 is 0 Å². The quantitative estimate of drug-likeness (QED) is 0.596. The minimum Gasteiger partial charge on any atom is -0.297 e. The Hall–Kier alpha value is -0.420. The fraction of sp³-hybridized carbons (Fsp3) is 0.733. The smallest absolute Gasteiger partial charge is 0.0435 e. The van der Waals surface area contributed by atoms with Crippen LogP contribution in [0.15, 0.2) is 16.8 Å². The number of nitrogens with two attached hydrogens (primary N) is 1. The lowest BCUT2D eigenvalue weighted by Gasteiger charge is -2.46. The molecule has 0 bridgehead atoms. The van der Waals surface area contributed by atoms with Gasteiger partial charge in [0, 0.05) is 11.6 Å². The average Bonchev–Trinajstić information content (AvgIpc) is 3.09. The van der Waals surface area contributed by atoms with Crippen molar-refractivity contribution in [2.75, 3.05) is 13.1 Å². The van der Waals surface area contributed by atoms with Gasteiger partial charge in [0.15, 0.2) is 0 Å². The minimum absolute atomic E-state index is 0.250. The summed E-state index contributed by atoms with van der Waals surface area (Å²) in [5, 5.41) is 4.40. The van der Waals surface area contributed by atoms with Crippen LogP contribution in [0.2, 0.25) is 0 Å². The maximum atomic E-state index is 5.93. The Balaban J connectivity index is 2.20. The van der Waals surface area contributed by atoms with Crippen LogP contribution in [0.5, 0.6) is 0 Å². The zero-order valence-corrected chi connectivity index (χ0v) is 13.0. The topological polar surface area (TPSA) is 41.3 Å². The van der Waals surface area contributed by atoms with Crippen LogP contribution in [0.3, 0.4) is 0 Å². The van der Waals surface area contributed by atoms with Crippen LogP contribution in [0.25, 0.3) is 0 Å². The molecular formula is C15H27N3S. The minimum atomic E-state index is 0.250. The summed E-state index contributed by atoms with van der Waals surface area (Å²) >= 11 is 1.77. The van der Waals surface area contributed by atoms with Crippen molar-refractivity contribution >= 4 is 11.3 Å². The molecular weight excluding hydrogens is 254 g/mol. The van der Waals surface area contributed by atoms with Crippen LogP contribution < -0.4 is 11.3 Å². The zero-order valence-electron chi connectivity index (χ0n) is 12.2. The van der Waals surface area contributed by atoms with E-state index < -0.39 is 0 Å². The first-order chi connectivity index (χ1) is 9.26. The standard InChI is InChI=1S/C15H27N3S/c1-3-18(4-2)15(8-5-6-9-15)14(17-16)11-13-7-10-19-12-13/h7,10,12,14,17H,3-6,8-9,11,16H2,1-2H3. The second-order valence-electron chi connectivity index (χ2n) is 5.54. The first kappa shape index (κ1) is 15.0. The van der Waals surface area contributed by atoms with Crippen LogP contribution in [0.4, 0.5) is 0 Å². The molecule has 0 aliphatic heterocycles. The Bertz CT molecular complexity index is 353. The summed E-state index contributed by atoms with van der Waals surface area (Å²) in [4.78, 5) is 2.62. The van der Waals surface area contributed by atoms with Crippen molar-refractivity contribution in [2.24, 2.45) is 5.84 Å². The van der Waals surface area contributed by atoms with Crippen LogP contribution in [0.1, 0.15) is 45.1 Å². The molecule has 3 nitrogen and oxygen atoms in total. The summed E-state index contributed by atoms with van der Waals surface area (Å²) in [6, 6.07) is 2.57. The van der Waals surface area contributed by atoms with Crippen LogP contribution in [-0.4, -0.2) is 29.6 Å². The molecule has 3 N–H and O–H groups in total. The predicted molar refractivity (Wildman–Crippen MR) is 83.3 cm³/mol.